The molecule has 0 radical (unpaired) electrons. The van der Waals surface area contributed by atoms with E-state index in [1.807, 2.05) is 0 Å². The monoisotopic (exact) mass is 407 g/mol. The topological polar surface area (TPSA) is 55.3 Å². The number of methoxy groups -OCH3 is 1. The molecule has 0 spiro atoms. The van der Waals surface area contributed by atoms with Crippen molar-refractivity contribution in [2.45, 2.75) is 50.4 Å². The minimum absolute atomic E-state index is 0.163. The third-order valence-corrected chi connectivity index (χ3v) is 5.72. The quantitative estimate of drug-likeness (QED) is 0.556. The lowest BCUT2D eigenvalue weighted by Gasteiger charge is -2.35. The van der Waals surface area contributed by atoms with Crippen molar-refractivity contribution in [2.75, 3.05) is 47.0 Å². The molecule has 0 bridgehead atoms. The third-order valence-electron chi connectivity index (χ3n) is 5.72. The maximum Gasteiger partial charge on any atom is 0.193 e. The number of piperidine rings is 1. The highest BCUT2D eigenvalue weighted by Crippen LogP contribution is 2.19. The van der Waals surface area contributed by atoms with Gasteiger partial charge in [-0.05, 0) is 49.8 Å². The van der Waals surface area contributed by atoms with Gasteiger partial charge >= 0.3 is 0 Å². The van der Waals surface area contributed by atoms with Crippen LogP contribution in [0.15, 0.2) is 29.3 Å². The van der Waals surface area contributed by atoms with Crippen LogP contribution in [0.5, 0.6) is 0 Å². The lowest BCUT2D eigenvalue weighted by Crippen LogP contribution is -2.48. The van der Waals surface area contributed by atoms with Gasteiger partial charge in [-0.1, -0.05) is 12.1 Å². The Morgan fingerprint density at radius 2 is 2.00 bits per heavy atom. The number of benzene rings is 1. The summed E-state index contributed by atoms with van der Waals surface area (Å²) in [6.45, 7) is 3.97. The minimum Gasteiger partial charge on any atom is -0.376 e. The van der Waals surface area contributed by atoms with Crippen molar-refractivity contribution < 1.29 is 18.6 Å². The summed E-state index contributed by atoms with van der Waals surface area (Å²) >= 11 is 0. The van der Waals surface area contributed by atoms with Crippen molar-refractivity contribution in [3.63, 3.8) is 0 Å². The lowest BCUT2D eigenvalue weighted by molar-refractivity contribution is -0.0721. The number of likely N-dealkylation sites (tertiary alicyclic amines) is 1. The van der Waals surface area contributed by atoms with Crippen molar-refractivity contribution in [3.05, 3.63) is 35.6 Å². The van der Waals surface area contributed by atoms with E-state index in [1.54, 1.807) is 26.3 Å². The first-order valence-corrected chi connectivity index (χ1v) is 10.7. The highest BCUT2D eigenvalue weighted by atomic mass is 19.1. The van der Waals surface area contributed by atoms with E-state index < -0.39 is 0 Å². The van der Waals surface area contributed by atoms with Gasteiger partial charge in [-0.15, -0.1) is 0 Å². The van der Waals surface area contributed by atoms with Crippen LogP contribution in [0.4, 0.5) is 4.39 Å². The lowest BCUT2D eigenvalue weighted by atomic mass is 10.1. The summed E-state index contributed by atoms with van der Waals surface area (Å²) < 4.78 is 30.6. The van der Waals surface area contributed by atoms with Crippen molar-refractivity contribution in [2.24, 2.45) is 4.99 Å². The van der Waals surface area contributed by atoms with E-state index in [0.29, 0.717) is 19.3 Å². The van der Waals surface area contributed by atoms with E-state index in [0.717, 1.165) is 50.5 Å². The summed E-state index contributed by atoms with van der Waals surface area (Å²) in [5.41, 5.74) is 0.939. The second kappa shape index (κ2) is 11.5. The summed E-state index contributed by atoms with van der Waals surface area (Å²) in [6.07, 6.45) is 5.90. The smallest absolute Gasteiger partial charge is 0.193 e. The zero-order valence-electron chi connectivity index (χ0n) is 17.6. The fourth-order valence-electron chi connectivity index (χ4n) is 3.95. The summed E-state index contributed by atoms with van der Waals surface area (Å²) in [5.74, 6) is 0.621. The van der Waals surface area contributed by atoms with Gasteiger partial charge in [0.25, 0.3) is 0 Å². The van der Waals surface area contributed by atoms with E-state index >= 15 is 0 Å². The number of nitrogens with one attached hydrogen (secondary N) is 1. The van der Waals surface area contributed by atoms with Gasteiger partial charge in [0.2, 0.25) is 0 Å². The van der Waals surface area contributed by atoms with E-state index in [1.165, 1.54) is 25.0 Å². The maximum absolute atomic E-state index is 13.2. The van der Waals surface area contributed by atoms with Crippen LogP contribution in [0.2, 0.25) is 0 Å². The molecule has 0 aromatic heterocycles. The number of guanidine groups is 1. The number of hydrogen-bond acceptors (Lipinski definition) is 4. The minimum atomic E-state index is -0.243. The molecule has 1 N–H and O–H groups in total. The zero-order chi connectivity index (χ0) is 20.5. The second-order valence-electron chi connectivity index (χ2n) is 7.71. The highest BCUT2D eigenvalue weighted by Gasteiger charge is 2.24. The van der Waals surface area contributed by atoms with Gasteiger partial charge < -0.3 is 24.4 Å². The SMILES string of the molecule is CN=C(NCC(OC)c1ccc(F)cc1)N1CCC(OCC2CCCCO2)CC1. The largest absolute Gasteiger partial charge is 0.376 e. The molecule has 2 aliphatic rings. The van der Waals surface area contributed by atoms with Crippen LogP contribution < -0.4 is 5.32 Å². The number of ether oxygens (including phenoxy) is 3. The van der Waals surface area contributed by atoms with Gasteiger partial charge in [-0.3, -0.25) is 4.99 Å². The molecule has 0 amide bonds. The molecule has 29 heavy (non-hydrogen) atoms. The maximum atomic E-state index is 13.2. The number of halogens is 1. The highest BCUT2D eigenvalue weighted by molar-refractivity contribution is 5.80. The first-order chi connectivity index (χ1) is 14.2. The average Bonchev–Trinajstić information content (AvgIpc) is 2.77. The van der Waals surface area contributed by atoms with E-state index in [4.69, 9.17) is 14.2 Å². The van der Waals surface area contributed by atoms with Crippen LogP contribution in [0.3, 0.4) is 0 Å². The van der Waals surface area contributed by atoms with E-state index in [9.17, 15) is 4.39 Å². The predicted octanol–water partition coefficient (Wildman–Crippen LogP) is 3.14. The molecule has 162 valence electrons. The van der Waals surface area contributed by atoms with Crippen LogP contribution in [-0.2, 0) is 14.2 Å². The van der Waals surface area contributed by atoms with Crippen molar-refractivity contribution in [1.82, 2.24) is 10.2 Å². The van der Waals surface area contributed by atoms with Gasteiger partial charge in [0.05, 0.1) is 24.9 Å². The molecular formula is C22H34FN3O3. The Balaban J connectivity index is 1.41. The van der Waals surface area contributed by atoms with Gasteiger partial charge in [-0.25, -0.2) is 4.39 Å². The molecule has 2 aliphatic heterocycles. The Morgan fingerprint density at radius 1 is 1.24 bits per heavy atom. The molecular weight excluding hydrogens is 373 g/mol. The molecule has 0 aliphatic carbocycles. The van der Waals surface area contributed by atoms with Gasteiger partial charge in [-0.2, -0.15) is 0 Å². The fraction of sp³-hybridized carbons (Fsp3) is 0.682. The van der Waals surface area contributed by atoms with Crippen LogP contribution in [0.25, 0.3) is 0 Å². The molecule has 2 atom stereocenters. The third kappa shape index (κ3) is 6.66. The van der Waals surface area contributed by atoms with E-state index in [2.05, 4.69) is 15.2 Å². The number of aliphatic imine (C=N–C) groups is 1. The second-order valence-corrected chi connectivity index (χ2v) is 7.71. The Bertz CT molecular complexity index is 627. The summed E-state index contributed by atoms with van der Waals surface area (Å²) in [5, 5.41) is 3.40. The van der Waals surface area contributed by atoms with Crippen molar-refractivity contribution in [3.8, 4) is 0 Å². The average molecular weight is 408 g/mol. The number of nitrogens with zero attached hydrogens (tertiary/aromatic N) is 2. The standard InChI is InChI=1S/C22H34FN3O3/c1-24-22(25-15-21(27-2)17-6-8-18(23)9-7-17)26-12-10-19(11-13-26)29-16-20-5-3-4-14-28-20/h6-9,19-21H,3-5,10-16H2,1-2H3,(H,24,25). The van der Waals surface area contributed by atoms with Crippen LogP contribution in [0, 0.1) is 5.82 Å². The van der Waals surface area contributed by atoms with Crippen LogP contribution >= 0.6 is 0 Å². The van der Waals surface area contributed by atoms with Crippen LogP contribution in [-0.4, -0.2) is 70.1 Å². The number of rotatable bonds is 7. The Morgan fingerprint density at radius 3 is 2.62 bits per heavy atom. The summed E-state index contributed by atoms with van der Waals surface area (Å²) in [6, 6.07) is 6.43. The summed E-state index contributed by atoms with van der Waals surface area (Å²) in [7, 11) is 3.46. The fourth-order valence-corrected chi connectivity index (χ4v) is 3.95. The molecule has 1 aromatic rings. The molecule has 0 saturated carbocycles. The van der Waals surface area contributed by atoms with Crippen molar-refractivity contribution in [1.29, 1.82) is 0 Å². The Kier molecular flexibility index (Phi) is 8.70. The molecule has 6 nitrogen and oxygen atoms in total. The molecule has 2 fully saturated rings. The first-order valence-electron chi connectivity index (χ1n) is 10.7. The van der Waals surface area contributed by atoms with Crippen LogP contribution in [0.1, 0.15) is 43.8 Å². The molecule has 3 rings (SSSR count). The molecule has 1 aromatic carbocycles. The molecule has 2 unspecified atom stereocenters. The zero-order valence-corrected chi connectivity index (χ0v) is 17.6. The Labute approximate surface area is 173 Å². The normalized spacial score (nSPS) is 22.5. The van der Waals surface area contributed by atoms with Crippen molar-refractivity contribution >= 4 is 5.96 Å². The van der Waals surface area contributed by atoms with Gasteiger partial charge in [0, 0.05) is 40.4 Å². The number of hydrogen-bond donors (Lipinski definition) is 1. The van der Waals surface area contributed by atoms with E-state index in [-0.39, 0.29) is 18.0 Å². The van der Waals surface area contributed by atoms with Gasteiger partial charge in [0.15, 0.2) is 5.96 Å². The first kappa shape index (κ1) is 22.0. The molecule has 7 heteroatoms. The molecule has 2 saturated heterocycles. The summed E-state index contributed by atoms with van der Waals surface area (Å²) in [4.78, 5) is 6.68. The van der Waals surface area contributed by atoms with Gasteiger partial charge in [0.1, 0.15) is 5.82 Å². The molecule has 2 heterocycles. The predicted molar refractivity (Wildman–Crippen MR) is 112 cm³/mol. The Hall–Kier alpha value is -1.70.